The molecule has 1 rings (SSSR count). The van der Waals surface area contributed by atoms with Crippen LogP contribution in [-0.2, 0) is 6.42 Å². The van der Waals surface area contributed by atoms with Gasteiger partial charge >= 0.3 is 0 Å². The minimum Gasteiger partial charge on any atom is -0.301 e. The molecule has 0 bridgehead atoms. The Hall–Kier alpha value is -0.690. The predicted molar refractivity (Wildman–Crippen MR) is 57.5 cm³/mol. The number of halogens is 1. The van der Waals surface area contributed by atoms with Crippen LogP contribution in [0.1, 0.15) is 24.8 Å². The van der Waals surface area contributed by atoms with Crippen molar-refractivity contribution >= 4 is 17.3 Å². The highest BCUT2D eigenvalue weighted by Crippen LogP contribution is 2.15. The Kier molecular flexibility index (Phi) is 4.69. The van der Waals surface area contributed by atoms with Crippen LogP contribution in [0, 0.1) is 0 Å². The van der Waals surface area contributed by atoms with Crippen molar-refractivity contribution in [3.05, 3.63) is 29.8 Å². The third kappa shape index (κ3) is 3.69. The number of alkyl halides is 1. The van der Waals surface area contributed by atoms with Gasteiger partial charge in [-0.15, -0.1) is 11.6 Å². The molecule has 0 saturated carbocycles. The van der Waals surface area contributed by atoms with Gasteiger partial charge in [-0.1, -0.05) is 24.6 Å². The standard InChI is InChI=1S/C11H15ClN/c12-9-5-1-2-6-10-7-3-4-8-11(10)13/h3-4,7-8,13H,1-2,5-6,9H2. The molecule has 0 spiro atoms. The minimum absolute atomic E-state index is 0.661. The molecule has 2 heteroatoms. The highest BCUT2D eigenvalue weighted by molar-refractivity contribution is 6.17. The molecule has 0 aliphatic heterocycles. The molecular formula is C11H15ClN. The molecule has 0 aliphatic carbocycles. The largest absolute Gasteiger partial charge is 0.301 e. The van der Waals surface area contributed by atoms with E-state index in [4.69, 9.17) is 17.3 Å². The van der Waals surface area contributed by atoms with Crippen LogP contribution in [-0.4, -0.2) is 5.88 Å². The van der Waals surface area contributed by atoms with Gasteiger partial charge in [0.15, 0.2) is 0 Å². The average Bonchev–Trinajstić information content (AvgIpc) is 2.15. The lowest BCUT2D eigenvalue weighted by molar-refractivity contribution is 0.720. The number of rotatable bonds is 5. The second-order valence-corrected chi connectivity index (χ2v) is 3.53. The Morgan fingerprint density at radius 1 is 1.08 bits per heavy atom. The molecule has 1 aromatic rings. The number of aryl methyl sites for hydroxylation is 1. The fourth-order valence-corrected chi connectivity index (χ4v) is 1.51. The molecule has 0 aliphatic rings. The van der Waals surface area contributed by atoms with Crippen LogP contribution in [0.5, 0.6) is 0 Å². The van der Waals surface area contributed by atoms with Crippen molar-refractivity contribution in [3.63, 3.8) is 0 Å². The first-order chi connectivity index (χ1) is 6.34. The number of hydrogen-bond donors (Lipinski definition) is 0. The SMILES string of the molecule is [NH]c1ccccc1CCCCCCl. The molecule has 1 aromatic carbocycles. The van der Waals surface area contributed by atoms with E-state index >= 15 is 0 Å². The third-order valence-corrected chi connectivity index (χ3v) is 2.36. The van der Waals surface area contributed by atoms with Crippen LogP contribution >= 0.6 is 11.6 Å². The zero-order valence-corrected chi connectivity index (χ0v) is 8.48. The molecule has 13 heavy (non-hydrogen) atoms. The molecule has 71 valence electrons. The first-order valence-corrected chi connectivity index (χ1v) is 5.23. The van der Waals surface area contributed by atoms with Gasteiger partial charge in [-0.05, 0) is 30.9 Å². The Labute approximate surface area is 84.9 Å². The number of nitrogens with one attached hydrogen (secondary N) is 1. The minimum atomic E-state index is 0.661. The zero-order chi connectivity index (χ0) is 9.52. The lowest BCUT2D eigenvalue weighted by Crippen LogP contribution is -1.88. The summed E-state index contributed by atoms with van der Waals surface area (Å²) in [6.45, 7) is 0. The summed E-state index contributed by atoms with van der Waals surface area (Å²) < 4.78 is 0. The number of benzene rings is 1. The van der Waals surface area contributed by atoms with Crippen molar-refractivity contribution in [2.75, 3.05) is 5.88 Å². The van der Waals surface area contributed by atoms with Gasteiger partial charge in [0.2, 0.25) is 0 Å². The second-order valence-electron chi connectivity index (χ2n) is 3.16. The van der Waals surface area contributed by atoms with Crippen LogP contribution in [0.15, 0.2) is 24.3 Å². The first-order valence-electron chi connectivity index (χ1n) is 4.70. The van der Waals surface area contributed by atoms with E-state index in [1.54, 1.807) is 0 Å². The summed E-state index contributed by atoms with van der Waals surface area (Å²) in [5.74, 6) is 0.753. The van der Waals surface area contributed by atoms with E-state index in [0.717, 1.165) is 37.1 Å². The summed E-state index contributed by atoms with van der Waals surface area (Å²) in [7, 11) is 0. The van der Waals surface area contributed by atoms with E-state index in [1.807, 2.05) is 24.3 Å². The van der Waals surface area contributed by atoms with Crippen LogP contribution in [0.4, 0.5) is 5.69 Å². The van der Waals surface area contributed by atoms with Gasteiger partial charge in [-0.3, -0.25) is 0 Å². The molecule has 0 heterocycles. The zero-order valence-electron chi connectivity index (χ0n) is 7.72. The van der Waals surface area contributed by atoms with Crippen molar-refractivity contribution in [1.82, 2.24) is 5.73 Å². The normalized spacial score (nSPS) is 10.2. The van der Waals surface area contributed by atoms with Crippen molar-refractivity contribution in [2.45, 2.75) is 25.7 Å². The summed E-state index contributed by atoms with van der Waals surface area (Å²) in [6, 6.07) is 7.78. The quantitative estimate of drug-likeness (QED) is 0.508. The number of unbranched alkanes of at least 4 members (excludes halogenated alkanes) is 2. The highest BCUT2D eigenvalue weighted by Gasteiger charge is 1.97. The van der Waals surface area contributed by atoms with Crippen LogP contribution in [0.2, 0.25) is 0 Å². The predicted octanol–water partition coefficient (Wildman–Crippen LogP) is 3.55. The Morgan fingerprint density at radius 3 is 2.54 bits per heavy atom. The lowest BCUT2D eigenvalue weighted by Gasteiger charge is -2.03. The van der Waals surface area contributed by atoms with Crippen LogP contribution in [0.25, 0.3) is 0 Å². The Balaban J connectivity index is 2.32. The summed E-state index contributed by atoms with van der Waals surface area (Å²) in [4.78, 5) is 0. The molecule has 0 amide bonds. The maximum absolute atomic E-state index is 7.63. The number of hydrogen-bond acceptors (Lipinski definition) is 0. The Morgan fingerprint density at radius 2 is 1.85 bits per heavy atom. The van der Waals surface area contributed by atoms with Crippen molar-refractivity contribution < 1.29 is 0 Å². The van der Waals surface area contributed by atoms with Gasteiger partial charge in [0.05, 0.1) is 5.69 Å². The van der Waals surface area contributed by atoms with E-state index in [0.29, 0.717) is 5.69 Å². The fourth-order valence-electron chi connectivity index (χ4n) is 1.33. The van der Waals surface area contributed by atoms with E-state index in [9.17, 15) is 0 Å². The first kappa shape index (κ1) is 10.4. The molecule has 1 radical (unpaired) electrons. The fraction of sp³-hybridized carbons (Fsp3) is 0.455. The summed E-state index contributed by atoms with van der Waals surface area (Å²) in [6.07, 6.45) is 4.40. The maximum Gasteiger partial charge on any atom is 0.0571 e. The van der Waals surface area contributed by atoms with Gasteiger partial charge < -0.3 is 5.73 Å². The molecule has 1 nitrogen and oxygen atoms in total. The van der Waals surface area contributed by atoms with E-state index in [1.165, 1.54) is 0 Å². The highest BCUT2D eigenvalue weighted by atomic mass is 35.5. The summed E-state index contributed by atoms with van der Waals surface area (Å²) >= 11 is 5.58. The molecule has 0 aromatic heterocycles. The van der Waals surface area contributed by atoms with Crippen LogP contribution in [0.3, 0.4) is 0 Å². The van der Waals surface area contributed by atoms with Crippen molar-refractivity contribution in [1.29, 1.82) is 0 Å². The Bertz CT molecular complexity index is 248. The smallest absolute Gasteiger partial charge is 0.0571 e. The van der Waals surface area contributed by atoms with E-state index in [-0.39, 0.29) is 0 Å². The third-order valence-electron chi connectivity index (χ3n) is 2.10. The summed E-state index contributed by atoms with van der Waals surface area (Å²) in [5, 5.41) is 0. The van der Waals surface area contributed by atoms with Gasteiger partial charge in [0, 0.05) is 5.88 Å². The van der Waals surface area contributed by atoms with Crippen LogP contribution < -0.4 is 5.73 Å². The molecule has 0 fully saturated rings. The van der Waals surface area contributed by atoms with E-state index in [2.05, 4.69) is 0 Å². The molecule has 0 atom stereocenters. The van der Waals surface area contributed by atoms with Gasteiger partial charge in [-0.2, -0.15) is 0 Å². The monoisotopic (exact) mass is 196 g/mol. The average molecular weight is 197 g/mol. The lowest BCUT2D eigenvalue weighted by atomic mass is 10.1. The summed E-state index contributed by atoms with van der Waals surface area (Å²) in [5.41, 5.74) is 9.44. The molecular weight excluding hydrogens is 182 g/mol. The topological polar surface area (TPSA) is 23.8 Å². The second kappa shape index (κ2) is 5.87. The van der Waals surface area contributed by atoms with Gasteiger partial charge in [0.1, 0.15) is 0 Å². The molecule has 0 saturated heterocycles. The maximum atomic E-state index is 7.63. The van der Waals surface area contributed by atoms with Crippen molar-refractivity contribution in [2.24, 2.45) is 0 Å². The molecule has 0 unspecified atom stereocenters. The van der Waals surface area contributed by atoms with Gasteiger partial charge in [-0.25, -0.2) is 0 Å². The molecule has 1 N–H and O–H groups in total. The van der Waals surface area contributed by atoms with E-state index < -0.39 is 0 Å². The van der Waals surface area contributed by atoms with Gasteiger partial charge in [0.25, 0.3) is 0 Å². The van der Waals surface area contributed by atoms with Crippen molar-refractivity contribution in [3.8, 4) is 0 Å².